The minimum absolute atomic E-state index is 0.0607. The van der Waals surface area contributed by atoms with Gasteiger partial charge in [-0.05, 0) is 70.9 Å². The molecule has 4 aromatic carbocycles. The molecule has 0 radical (unpaired) electrons. The smallest absolute Gasteiger partial charge is 0.293 e. The summed E-state index contributed by atoms with van der Waals surface area (Å²) >= 11 is 0. The molecule has 8 rings (SSSR count). The Kier molecular flexibility index (Phi) is 9.85. The lowest BCUT2D eigenvalue weighted by Crippen LogP contribution is -2.61. The quantitative estimate of drug-likeness (QED) is 0.0750. The number of hydrogen-bond acceptors (Lipinski definition) is 12. The summed E-state index contributed by atoms with van der Waals surface area (Å²) < 4.78 is 0. The molecule has 2 fully saturated rings. The van der Waals surface area contributed by atoms with Gasteiger partial charge in [0, 0.05) is 71.0 Å². The zero-order valence-corrected chi connectivity index (χ0v) is 32.1. The molecule has 2 atom stereocenters. The molecule has 0 aromatic heterocycles. The minimum Gasteiger partial charge on any atom is -0.365 e. The van der Waals surface area contributed by atoms with Crippen LogP contribution in [0.4, 0.5) is 22.7 Å². The summed E-state index contributed by atoms with van der Waals surface area (Å²) in [6.45, 7) is 7.62. The van der Waals surface area contributed by atoms with E-state index in [0.29, 0.717) is 65.5 Å². The number of hydrogen-bond donors (Lipinski definition) is 2. The van der Waals surface area contributed by atoms with Crippen molar-refractivity contribution in [2.45, 2.75) is 84.2 Å². The number of nitro benzene ring substituents is 2. The Labute approximate surface area is 328 Å². The van der Waals surface area contributed by atoms with E-state index in [2.05, 4.69) is 10.6 Å². The summed E-state index contributed by atoms with van der Waals surface area (Å²) in [5.41, 5.74) is 1.09. The molecule has 0 aliphatic carbocycles. The van der Waals surface area contributed by atoms with E-state index >= 15 is 0 Å². The standard InChI is InChI=1S/C41H44N8O8/c1-4-33(42-23(2)46-38(50)27-15-11-13-25-34(27)29(40(46)52)21-31(48(54)55)36(25)44-17-7-5-8-18-44)43-24(3)47-39(51)28-16-12-14-26-35(28)30(41(47)53)22-32(49(56)57)37(26)45-19-9-6-10-20-45/h11-16,21-24,33,42-43H,4-10,17-20H2,1-3H3. The van der Waals surface area contributed by atoms with Crippen LogP contribution in [-0.2, 0) is 0 Å². The van der Waals surface area contributed by atoms with E-state index < -0.39 is 52.0 Å². The number of benzene rings is 4. The van der Waals surface area contributed by atoms with Gasteiger partial charge in [0.25, 0.3) is 35.0 Å². The lowest BCUT2D eigenvalue weighted by molar-refractivity contribution is -0.384. The van der Waals surface area contributed by atoms with Crippen LogP contribution in [0.25, 0.3) is 21.5 Å². The van der Waals surface area contributed by atoms with Crippen molar-refractivity contribution in [3.8, 4) is 0 Å². The average molecular weight is 777 g/mol. The third-order valence-corrected chi connectivity index (χ3v) is 11.8. The molecule has 4 amide bonds. The fourth-order valence-corrected chi connectivity index (χ4v) is 9.20. The minimum atomic E-state index is -0.933. The van der Waals surface area contributed by atoms with Gasteiger partial charge in [-0.15, -0.1) is 0 Å². The van der Waals surface area contributed by atoms with Crippen molar-refractivity contribution in [2.24, 2.45) is 0 Å². The van der Waals surface area contributed by atoms with Crippen molar-refractivity contribution in [3.05, 3.63) is 91.0 Å². The lowest BCUT2D eigenvalue weighted by Gasteiger charge is -2.38. The Hall–Kier alpha value is -6.00. The van der Waals surface area contributed by atoms with E-state index in [9.17, 15) is 39.4 Å². The monoisotopic (exact) mass is 776 g/mol. The highest BCUT2D eigenvalue weighted by Gasteiger charge is 2.42. The molecule has 0 spiro atoms. The second-order valence-corrected chi connectivity index (χ2v) is 15.3. The number of imide groups is 2. The van der Waals surface area contributed by atoms with Crippen molar-refractivity contribution in [3.63, 3.8) is 0 Å². The lowest BCUT2D eigenvalue weighted by atomic mass is 9.91. The van der Waals surface area contributed by atoms with E-state index in [1.165, 1.54) is 12.1 Å². The fourth-order valence-electron chi connectivity index (χ4n) is 9.20. The van der Waals surface area contributed by atoms with Gasteiger partial charge in [0.15, 0.2) is 0 Å². The molecule has 4 aliphatic heterocycles. The van der Waals surface area contributed by atoms with Gasteiger partial charge in [-0.2, -0.15) is 0 Å². The van der Waals surface area contributed by atoms with Crippen LogP contribution in [0.2, 0.25) is 0 Å². The zero-order chi connectivity index (χ0) is 40.3. The van der Waals surface area contributed by atoms with Crippen molar-refractivity contribution < 1.29 is 29.0 Å². The largest absolute Gasteiger partial charge is 0.365 e. The van der Waals surface area contributed by atoms with E-state index in [-0.39, 0.29) is 33.6 Å². The summed E-state index contributed by atoms with van der Waals surface area (Å²) in [4.78, 5) is 86.7. The van der Waals surface area contributed by atoms with Crippen molar-refractivity contribution >= 4 is 67.9 Å². The Morgan fingerprint density at radius 3 is 1.32 bits per heavy atom. The number of rotatable bonds is 11. The molecule has 16 heteroatoms. The molecule has 0 saturated carbocycles. The molecule has 2 unspecified atom stereocenters. The first kappa shape index (κ1) is 37.9. The van der Waals surface area contributed by atoms with Crippen LogP contribution >= 0.6 is 0 Å². The van der Waals surface area contributed by atoms with Crippen LogP contribution in [0.1, 0.15) is 107 Å². The zero-order valence-electron chi connectivity index (χ0n) is 32.1. The Morgan fingerprint density at radius 1 is 0.596 bits per heavy atom. The molecule has 16 nitrogen and oxygen atoms in total. The number of carbonyl (C=O) groups is 4. The maximum Gasteiger partial charge on any atom is 0.293 e. The Bertz CT molecular complexity index is 2220. The Morgan fingerprint density at radius 2 is 0.965 bits per heavy atom. The van der Waals surface area contributed by atoms with Gasteiger partial charge in [0.1, 0.15) is 11.4 Å². The number of carbonyl (C=O) groups excluding carboxylic acids is 4. The number of nitrogens with one attached hydrogen (secondary N) is 2. The van der Waals surface area contributed by atoms with Crippen molar-refractivity contribution in [2.75, 3.05) is 36.0 Å². The van der Waals surface area contributed by atoms with Gasteiger partial charge in [0.2, 0.25) is 0 Å². The highest BCUT2D eigenvalue weighted by molar-refractivity contribution is 6.29. The van der Waals surface area contributed by atoms with E-state index in [1.807, 2.05) is 16.7 Å². The van der Waals surface area contributed by atoms with Gasteiger partial charge in [-0.3, -0.25) is 59.8 Å². The van der Waals surface area contributed by atoms with Crippen LogP contribution in [0.3, 0.4) is 0 Å². The van der Waals surface area contributed by atoms with E-state index in [0.717, 1.165) is 48.3 Å². The van der Waals surface area contributed by atoms with E-state index in [1.54, 1.807) is 50.2 Å². The molecule has 2 saturated heterocycles. The first-order valence-corrected chi connectivity index (χ1v) is 19.7. The summed E-state index contributed by atoms with van der Waals surface area (Å²) in [5.74, 6) is -2.49. The SMILES string of the molecule is CCC(NC(C)N1C(=O)c2cccc3c(N4CCCCC4)c([N+](=O)[O-])cc(c23)C1=O)NC(C)N1C(=O)c2cccc3c(N4CCCCC4)c([N+](=O)[O-])cc(c23)C1=O. The third-order valence-electron chi connectivity index (χ3n) is 11.8. The summed E-state index contributed by atoms with van der Waals surface area (Å²) in [5, 5.41) is 33.2. The topological polar surface area (TPSA) is 192 Å². The van der Waals surface area contributed by atoms with Gasteiger partial charge >= 0.3 is 0 Å². The number of piperidine rings is 2. The number of amides is 4. The summed E-state index contributed by atoms with van der Waals surface area (Å²) in [7, 11) is 0. The van der Waals surface area contributed by atoms with Crippen LogP contribution < -0.4 is 20.4 Å². The predicted molar refractivity (Wildman–Crippen MR) is 214 cm³/mol. The third kappa shape index (κ3) is 6.23. The summed E-state index contributed by atoms with van der Waals surface area (Å²) in [6, 6.07) is 12.6. The van der Waals surface area contributed by atoms with Gasteiger partial charge in [-0.25, -0.2) is 0 Å². The highest BCUT2D eigenvalue weighted by Crippen LogP contribution is 2.45. The molecule has 2 N–H and O–H groups in total. The van der Waals surface area contributed by atoms with Gasteiger partial charge in [-0.1, -0.05) is 31.2 Å². The van der Waals surface area contributed by atoms with Gasteiger partial charge < -0.3 is 9.80 Å². The van der Waals surface area contributed by atoms with E-state index in [4.69, 9.17) is 0 Å². The molecular formula is C41H44N8O8. The summed E-state index contributed by atoms with van der Waals surface area (Å²) in [6.07, 6.45) is 3.43. The normalized spacial score (nSPS) is 18.7. The molecule has 296 valence electrons. The van der Waals surface area contributed by atoms with Crippen molar-refractivity contribution in [1.82, 2.24) is 20.4 Å². The van der Waals surface area contributed by atoms with Crippen molar-refractivity contribution in [1.29, 1.82) is 0 Å². The predicted octanol–water partition coefficient (Wildman–Crippen LogP) is 6.29. The molecule has 4 heterocycles. The first-order valence-electron chi connectivity index (χ1n) is 19.7. The maximum atomic E-state index is 14.2. The van der Waals surface area contributed by atoms with Crippen LogP contribution in [0.5, 0.6) is 0 Å². The molecule has 0 bridgehead atoms. The maximum absolute atomic E-state index is 14.2. The number of nitrogens with zero attached hydrogens (tertiary/aromatic N) is 6. The Balaban J connectivity index is 1.06. The van der Waals surface area contributed by atoms with Gasteiger partial charge in [0.05, 0.1) is 39.5 Å². The molecule has 4 aromatic rings. The van der Waals surface area contributed by atoms with Crippen LogP contribution in [0, 0.1) is 20.2 Å². The fraction of sp³-hybridized carbons (Fsp3) is 0.415. The number of anilines is 2. The molecular weight excluding hydrogens is 732 g/mol. The van der Waals surface area contributed by atoms with Crippen LogP contribution in [-0.4, -0.2) is 88.0 Å². The average Bonchev–Trinajstić information content (AvgIpc) is 3.21. The highest BCUT2D eigenvalue weighted by atomic mass is 16.6. The molecule has 4 aliphatic rings. The second-order valence-electron chi connectivity index (χ2n) is 15.3. The molecule has 57 heavy (non-hydrogen) atoms. The first-order chi connectivity index (χ1) is 27.4. The number of nitro groups is 2. The second kappa shape index (κ2) is 14.8. The van der Waals surface area contributed by atoms with Crippen LogP contribution in [0.15, 0.2) is 48.5 Å².